The summed E-state index contributed by atoms with van der Waals surface area (Å²) < 4.78 is 55.5. The minimum Gasteiger partial charge on any atom is -0.459 e. The number of nitrogen functional groups attached to an aromatic ring is 1. The molecule has 2 aliphatic rings. The van der Waals surface area contributed by atoms with Gasteiger partial charge in [0.05, 0.1) is 11.4 Å². The Kier molecular flexibility index (Phi) is 9.12. The van der Waals surface area contributed by atoms with Crippen molar-refractivity contribution in [1.29, 1.82) is 0 Å². The van der Waals surface area contributed by atoms with Crippen molar-refractivity contribution < 1.29 is 32.2 Å². The highest BCUT2D eigenvalue weighted by atomic mass is 35.5. The second kappa shape index (κ2) is 12.7. The Hall–Kier alpha value is -4.11. The molecule has 3 N–H and O–H groups in total. The largest absolute Gasteiger partial charge is 0.459 e. The van der Waals surface area contributed by atoms with Crippen LogP contribution >= 0.6 is 11.6 Å². The fraction of sp³-hybridized carbons (Fsp3) is 0.483. The van der Waals surface area contributed by atoms with E-state index in [2.05, 4.69) is 20.4 Å². The number of benzene rings is 1. The van der Waals surface area contributed by atoms with Gasteiger partial charge >= 0.3 is 12.1 Å². The van der Waals surface area contributed by atoms with Gasteiger partial charge in [-0.15, -0.1) is 0 Å². The van der Waals surface area contributed by atoms with E-state index in [1.807, 2.05) is 4.90 Å². The predicted molar refractivity (Wildman–Crippen MR) is 159 cm³/mol. The molecule has 3 aromatic rings. The van der Waals surface area contributed by atoms with Gasteiger partial charge in [0.2, 0.25) is 17.9 Å². The number of aromatic nitrogens is 4. The SMILES string of the molecule is Cc1ccn(-c2cc(Cl)ccc2[C@@H](Oc2cc(N3CCC4(CC3)CNC(C(=O)OCC(=O)N(C)C)C4)nc(N)n2)C(F)(F)F)n1. The summed E-state index contributed by atoms with van der Waals surface area (Å²) in [5, 5.41) is 7.69. The van der Waals surface area contributed by atoms with E-state index < -0.39 is 24.3 Å². The highest BCUT2D eigenvalue weighted by Crippen LogP contribution is 2.42. The summed E-state index contributed by atoms with van der Waals surface area (Å²) in [6, 6.07) is 6.48. The van der Waals surface area contributed by atoms with Crippen LogP contribution in [0.2, 0.25) is 5.02 Å². The minimum atomic E-state index is -4.82. The van der Waals surface area contributed by atoms with E-state index in [1.54, 1.807) is 33.3 Å². The molecule has 1 amide bonds. The lowest BCUT2D eigenvalue weighted by atomic mass is 9.76. The molecule has 4 heterocycles. The number of piperidine rings is 1. The lowest BCUT2D eigenvalue weighted by Crippen LogP contribution is -2.41. The van der Waals surface area contributed by atoms with Crippen molar-refractivity contribution in [3.8, 4) is 11.6 Å². The number of carbonyl (C=O) groups excluding carboxylic acids is 2. The number of hydrogen-bond acceptors (Lipinski definition) is 10. The zero-order chi connectivity index (χ0) is 32.5. The molecule has 0 bridgehead atoms. The molecule has 2 aromatic heterocycles. The highest BCUT2D eigenvalue weighted by Gasteiger charge is 2.46. The van der Waals surface area contributed by atoms with Gasteiger partial charge in [0.1, 0.15) is 11.9 Å². The van der Waals surface area contributed by atoms with Crippen molar-refractivity contribution in [1.82, 2.24) is 30.0 Å². The number of esters is 1. The molecule has 2 saturated heterocycles. The number of amides is 1. The summed E-state index contributed by atoms with van der Waals surface area (Å²) in [7, 11) is 3.17. The van der Waals surface area contributed by atoms with E-state index in [0.29, 0.717) is 50.4 Å². The van der Waals surface area contributed by atoms with E-state index in [1.165, 1.54) is 33.8 Å². The van der Waals surface area contributed by atoms with Gasteiger partial charge < -0.3 is 30.3 Å². The van der Waals surface area contributed by atoms with Gasteiger partial charge in [-0.2, -0.15) is 28.2 Å². The lowest BCUT2D eigenvalue weighted by Gasteiger charge is -2.39. The summed E-state index contributed by atoms with van der Waals surface area (Å²) in [6.07, 6.45) is -3.78. The maximum absolute atomic E-state index is 14.5. The van der Waals surface area contributed by atoms with Gasteiger partial charge in [0.15, 0.2) is 6.61 Å². The third kappa shape index (κ3) is 7.41. The van der Waals surface area contributed by atoms with Crippen LogP contribution in [0.1, 0.15) is 36.6 Å². The predicted octanol–water partition coefficient (Wildman–Crippen LogP) is 3.47. The Morgan fingerprint density at radius 3 is 2.58 bits per heavy atom. The van der Waals surface area contributed by atoms with Gasteiger partial charge in [-0.05, 0) is 49.8 Å². The van der Waals surface area contributed by atoms with Crippen LogP contribution in [-0.4, -0.2) is 89.1 Å². The minimum absolute atomic E-state index is 0.109. The van der Waals surface area contributed by atoms with Crippen LogP contribution in [0.4, 0.5) is 24.9 Å². The number of nitrogens with one attached hydrogen (secondary N) is 1. The summed E-state index contributed by atoms with van der Waals surface area (Å²) in [4.78, 5) is 35.8. The molecule has 0 radical (unpaired) electrons. The van der Waals surface area contributed by atoms with Crippen molar-refractivity contribution in [3.63, 3.8) is 0 Å². The van der Waals surface area contributed by atoms with Crippen LogP contribution in [-0.2, 0) is 14.3 Å². The number of alkyl halides is 3. The molecule has 1 spiro atoms. The molecule has 1 aromatic carbocycles. The summed E-state index contributed by atoms with van der Waals surface area (Å²) in [5.41, 5.74) is 6.27. The highest BCUT2D eigenvalue weighted by molar-refractivity contribution is 6.30. The third-order valence-electron chi connectivity index (χ3n) is 8.12. The number of nitrogens with zero attached hydrogens (tertiary/aromatic N) is 6. The number of ether oxygens (including phenoxy) is 2. The first-order chi connectivity index (χ1) is 21.2. The van der Waals surface area contributed by atoms with Gasteiger partial charge in [0, 0.05) is 56.6 Å². The van der Waals surface area contributed by atoms with Crippen LogP contribution < -0.4 is 20.7 Å². The number of halogens is 4. The monoisotopic (exact) mass is 650 g/mol. The van der Waals surface area contributed by atoms with E-state index in [4.69, 9.17) is 26.8 Å². The Bertz CT molecular complexity index is 1560. The lowest BCUT2D eigenvalue weighted by molar-refractivity contribution is -0.198. The molecule has 45 heavy (non-hydrogen) atoms. The molecular formula is C29H34ClF3N8O4. The van der Waals surface area contributed by atoms with Crippen molar-refractivity contribution in [2.75, 3.05) is 51.0 Å². The summed E-state index contributed by atoms with van der Waals surface area (Å²) >= 11 is 6.14. The molecule has 2 fully saturated rings. The quantitative estimate of drug-likeness (QED) is 0.348. The molecule has 16 heteroatoms. The van der Waals surface area contributed by atoms with Crippen LogP contribution in [0, 0.1) is 12.3 Å². The van der Waals surface area contributed by atoms with Gasteiger partial charge in [0.25, 0.3) is 5.91 Å². The smallest absolute Gasteiger partial charge is 0.429 e. The number of likely N-dealkylation sites (N-methyl/N-ethyl adjacent to an activating group) is 1. The fourth-order valence-corrected chi connectivity index (χ4v) is 5.77. The van der Waals surface area contributed by atoms with Gasteiger partial charge in [-0.3, -0.25) is 9.59 Å². The number of rotatable bonds is 8. The Labute approximate surface area is 262 Å². The molecule has 0 aliphatic carbocycles. The van der Waals surface area contributed by atoms with Crippen molar-refractivity contribution in [3.05, 3.63) is 52.8 Å². The maximum Gasteiger partial charge on any atom is 0.429 e. The third-order valence-corrected chi connectivity index (χ3v) is 8.35. The van der Waals surface area contributed by atoms with E-state index >= 15 is 0 Å². The standard InChI is InChI=1S/C29H34ClF3N8O4/c1-17-6-9-41(38-17)21-12-18(30)4-5-19(21)25(29(31,32)33)45-23-13-22(36-27(34)37-23)40-10-7-28(8-11-40)14-20(35-16-28)26(43)44-15-24(42)39(2)3/h4-6,9,12-13,20,25,35H,7-8,10-11,14-16H2,1-3H3,(H2,34,36,37)/t20?,25-/m1/s1. The second-order valence-corrected chi connectivity index (χ2v) is 12.0. The number of anilines is 2. The molecule has 2 atom stereocenters. The average molecular weight is 651 g/mol. The van der Waals surface area contributed by atoms with E-state index in [-0.39, 0.29) is 46.0 Å². The topological polar surface area (TPSA) is 141 Å². The first-order valence-electron chi connectivity index (χ1n) is 14.3. The van der Waals surface area contributed by atoms with Crippen LogP contribution in [0.3, 0.4) is 0 Å². The fourth-order valence-electron chi connectivity index (χ4n) is 5.60. The number of nitrogens with two attached hydrogens (primary N) is 1. The van der Waals surface area contributed by atoms with E-state index in [9.17, 15) is 22.8 Å². The van der Waals surface area contributed by atoms with Gasteiger partial charge in [-0.25, -0.2) is 4.68 Å². The average Bonchev–Trinajstić information content (AvgIpc) is 3.60. The summed E-state index contributed by atoms with van der Waals surface area (Å²) in [6.45, 7) is 3.03. The van der Waals surface area contributed by atoms with Crippen LogP contribution in [0.15, 0.2) is 36.5 Å². The van der Waals surface area contributed by atoms with Crippen molar-refractivity contribution >= 4 is 35.2 Å². The molecule has 1 unspecified atom stereocenters. The van der Waals surface area contributed by atoms with Gasteiger partial charge in [-0.1, -0.05) is 17.7 Å². The maximum atomic E-state index is 14.5. The molecule has 0 saturated carbocycles. The second-order valence-electron chi connectivity index (χ2n) is 11.6. The molecule has 2 aliphatic heterocycles. The first-order valence-corrected chi connectivity index (χ1v) is 14.7. The zero-order valence-corrected chi connectivity index (χ0v) is 25.7. The summed E-state index contributed by atoms with van der Waals surface area (Å²) in [5.74, 6) is -1.02. The van der Waals surface area contributed by atoms with Crippen LogP contribution in [0.5, 0.6) is 5.88 Å². The Morgan fingerprint density at radius 2 is 1.93 bits per heavy atom. The molecule has 5 rings (SSSR count). The van der Waals surface area contributed by atoms with E-state index in [0.717, 1.165) is 0 Å². The molecule has 242 valence electrons. The number of aryl methyl sites for hydroxylation is 1. The number of carbonyl (C=O) groups is 2. The van der Waals surface area contributed by atoms with Crippen molar-refractivity contribution in [2.24, 2.45) is 5.41 Å². The first kappa shape index (κ1) is 32.3. The molecular weight excluding hydrogens is 617 g/mol. The normalized spacial score (nSPS) is 18.6. The van der Waals surface area contributed by atoms with Crippen molar-refractivity contribution in [2.45, 2.75) is 44.5 Å². The van der Waals surface area contributed by atoms with Crippen LogP contribution in [0.25, 0.3) is 5.69 Å². The Balaban J connectivity index is 1.29. The number of hydrogen-bond donors (Lipinski definition) is 2. The molecule has 12 nitrogen and oxygen atoms in total. The zero-order valence-electron chi connectivity index (χ0n) is 25.0. The Morgan fingerprint density at radius 1 is 1.20 bits per heavy atom.